The first-order valence-corrected chi connectivity index (χ1v) is 7.28. The van der Waals surface area contributed by atoms with Crippen LogP contribution in [-0.4, -0.2) is 31.8 Å². The van der Waals surface area contributed by atoms with Crippen LogP contribution in [-0.2, 0) is 14.3 Å². The molecule has 2 aliphatic carbocycles. The Morgan fingerprint density at radius 3 is 2.58 bits per heavy atom. The van der Waals surface area contributed by atoms with Gasteiger partial charge in [-0.3, -0.25) is 4.79 Å². The van der Waals surface area contributed by atoms with Crippen LogP contribution in [0.3, 0.4) is 0 Å². The number of fused-ring (bicyclic) bond motifs is 2. The van der Waals surface area contributed by atoms with Gasteiger partial charge in [0.25, 0.3) is 0 Å². The molecule has 4 atom stereocenters. The molecule has 2 N–H and O–H groups in total. The van der Waals surface area contributed by atoms with Crippen molar-refractivity contribution >= 4 is 5.97 Å². The molecule has 2 fully saturated rings. The molecule has 0 saturated heterocycles. The van der Waals surface area contributed by atoms with Gasteiger partial charge in [-0.25, -0.2) is 0 Å². The van der Waals surface area contributed by atoms with Crippen LogP contribution in [0.4, 0.5) is 0 Å². The van der Waals surface area contributed by atoms with Crippen molar-refractivity contribution in [1.29, 1.82) is 0 Å². The zero-order valence-electron chi connectivity index (χ0n) is 12.6. The van der Waals surface area contributed by atoms with Crippen LogP contribution >= 0.6 is 0 Å². The molecule has 4 unspecified atom stereocenters. The van der Waals surface area contributed by atoms with Gasteiger partial charge in [0.2, 0.25) is 0 Å². The number of hydrogen-bond donors (Lipinski definition) is 1. The number of nitrogens with two attached hydrogens (primary N) is 1. The van der Waals surface area contributed by atoms with Crippen molar-refractivity contribution in [2.75, 3.05) is 13.7 Å². The predicted octanol–water partition coefficient (Wildman–Crippen LogP) is 2.11. The molecule has 0 aromatic heterocycles. The Labute approximate surface area is 116 Å². The van der Waals surface area contributed by atoms with E-state index >= 15 is 0 Å². The first-order chi connectivity index (χ1) is 8.83. The minimum Gasteiger partial charge on any atom is -0.461 e. The molecule has 0 aromatic rings. The number of methoxy groups -OCH3 is 1. The lowest BCUT2D eigenvalue weighted by atomic mass is 9.70. The normalized spacial score (nSPS) is 37.3. The molecule has 2 aliphatic rings. The molecule has 4 nitrogen and oxygen atoms in total. The number of ether oxygens (including phenoxy) is 2. The highest BCUT2D eigenvalue weighted by molar-refractivity contribution is 5.75. The summed E-state index contributed by atoms with van der Waals surface area (Å²) in [6.07, 6.45) is 3.95. The lowest BCUT2D eigenvalue weighted by molar-refractivity contribution is -0.158. The third-order valence-electron chi connectivity index (χ3n) is 5.91. The summed E-state index contributed by atoms with van der Waals surface area (Å²) in [5.74, 6) is 0.400. The summed E-state index contributed by atoms with van der Waals surface area (Å²) in [6, 6.07) is -0.564. The highest BCUT2D eigenvalue weighted by atomic mass is 16.5. The van der Waals surface area contributed by atoms with Gasteiger partial charge in [-0.15, -0.1) is 0 Å². The van der Waals surface area contributed by atoms with E-state index in [9.17, 15) is 4.79 Å². The largest absolute Gasteiger partial charge is 0.461 e. The molecular formula is C15H27NO3. The van der Waals surface area contributed by atoms with Gasteiger partial charge >= 0.3 is 5.97 Å². The second kappa shape index (κ2) is 5.06. The monoisotopic (exact) mass is 269 g/mol. The van der Waals surface area contributed by atoms with Gasteiger partial charge in [0, 0.05) is 19.1 Å². The maximum atomic E-state index is 12.0. The SMILES string of the molecule is COCCC(N)C(=O)OC1CC2CCC1(C)C2(C)C. The van der Waals surface area contributed by atoms with Gasteiger partial charge < -0.3 is 15.2 Å². The fourth-order valence-electron chi connectivity index (χ4n) is 3.90. The molecule has 0 spiro atoms. The van der Waals surface area contributed by atoms with Crippen molar-refractivity contribution in [2.24, 2.45) is 22.5 Å². The van der Waals surface area contributed by atoms with Crippen LogP contribution in [0.15, 0.2) is 0 Å². The van der Waals surface area contributed by atoms with Crippen molar-refractivity contribution in [3.63, 3.8) is 0 Å². The predicted molar refractivity (Wildman–Crippen MR) is 73.6 cm³/mol. The summed E-state index contributed by atoms with van der Waals surface area (Å²) >= 11 is 0. The average Bonchev–Trinajstić information content (AvgIpc) is 2.68. The van der Waals surface area contributed by atoms with Gasteiger partial charge in [-0.05, 0) is 37.0 Å². The molecule has 0 aromatic carbocycles. The molecule has 2 rings (SSSR count). The van der Waals surface area contributed by atoms with Gasteiger partial charge in [0.15, 0.2) is 0 Å². The molecule has 110 valence electrons. The number of esters is 1. The van der Waals surface area contributed by atoms with E-state index in [0.717, 1.165) is 12.8 Å². The van der Waals surface area contributed by atoms with E-state index in [2.05, 4.69) is 20.8 Å². The van der Waals surface area contributed by atoms with Crippen LogP contribution < -0.4 is 5.73 Å². The second-order valence-electron chi connectivity index (χ2n) is 6.92. The quantitative estimate of drug-likeness (QED) is 0.776. The third-order valence-corrected chi connectivity index (χ3v) is 5.91. The third kappa shape index (κ3) is 2.29. The fraction of sp³-hybridized carbons (Fsp3) is 0.933. The standard InChI is InChI=1S/C15H27NO3/c1-14(2)10-5-7-15(14,3)12(9-10)19-13(17)11(16)6-8-18-4/h10-12H,5-9,16H2,1-4H3. The summed E-state index contributed by atoms with van der Waals surface area (Å²) in [6.45, 7) is 7.37. The van der Waals surface area contributed by atoms with E-state index in [1.165, 1.54) is 6.42 Å². The number of carbonyl (C=O) groups is 1. The number of rotatable bonds is 5. The lowest BCUT2D eigenvalue weighted by Crippen LogP contribution is -2.42. The van der Waals surface area contributed by atoms with Crippen LogP contribution in [0.5, 0.6) is 0 Å². The smallest absolute Gasteiger partial charge is 0.323 e. The molecule has 4 heteroatoms. The zero-order chi connectivity index (χ0) is 14.3. The Balaban J connectivity index is 1.96. The van der Waals surface area contributed by atoms with E-state index in [1.54, 1.807) is 7.11 Å². The first kappa shape index (κ1) is 14.8. The van der Waals surface area contributed by atoms with E-state index in [-0.39, 0.29) is 22.9 Å². The Morgan fingerprint density at radius 2 is 2.11 bits per heavy atom. The van der Waals surface area contributed by atoms with Crippen LogP contribution in [0.25, 0.3) is 0 Å². The Hall–Kier alpha value is -0.610. The molecule has 0 amide bonds. The minimum absolute atomic E-state index is 0.0299. The van der Waals surface area contributed by atoms with E-state index in [4.69, 9.17) is 15.2 Å². The zero-order valence-corrected chi connectivity index (χ0v) is 12.6. The number of hydrogen-bond acceptors (Lipinski definition) is 4. The molecule has 2 bridgehead atoms. The molecule has 0 aliphatic heterocycles. The summed E-state index contributed by atoms with van der Waals surface area (Å²) in [7, 11) is 1.61. The van der Waals surface area contributed by atoms with E-state index in [0.29, 0.717) is 18.9 Å². The molecule has 0 radical (unpaired) electrons. The first-order valence-electron chi connectivity index (χ1n) is 7.28. The topological polar surface area (TPSA) is 61.5 Å². The molecular weight excluding hydrogens is 242 g/mol. The molecule has 19 heavy (non-hydrogen) atoms. The summed E-state index contributed by atoms with van der Waals surface area (Å²) in [5.41, 5.74) is 6.20. The van der Waals surface area contributed by atoms with Gasteiger partial charge in [-0.2, -0.15) is 0 Å². The van der Waals surface area contributed by atoms with Crippen molar-refractivity contribution in [1.82, 2.24) is 0 Å². The average molecular weight is 269 g/mol. The lowest BCUT2D eigenvalue weighted by Gasteiger charge is -2.38. The molecule has 2 saturated carbocycles. The minimum atomic E-state index is -0.564. The van der Waals surface area contributed by atoms with Gasteiger partial charge in [0.1, 0.15) is 12.1 Å². The van der Waals surface area contributed by atoms with E-state index < -0.39 is 6.04 Å². The van der Waals surface area contributed by atoms with Crippen molar-refractivity contribution in [3.05, 3.63) is 0 Å². The van der Waals surface area contributed by atoms with Crippen LogP contribution in [0.2, 0.25) is 0 Å². The summed E-state index contributed by atoms with van der Waals surface area (Å²) in [4.78, 5) is 12.0. The van der Waals surface area contributed by atoms with Crippen LogP contribution in [0.1, 0.15) is 46.5 Å². The summed E-state index contributed by atoms with van der Waals surface area (Å²) in [5, 5.41) is 0. The van der Waals surface area contributed by atoms with Crippen molar-refractivity contribution in [3.8, 4) is 0 Å². The van der Waals surface area contributed by atoms with Gasteiger partial charge in [0.05, 0.1) is 0 Å². The number of carbonyl (C=O) groups excluding carboxylic acids is 1. The van der Waals surface area contributed by atoms with Crippen molar-refractivity contribution < 1.29 is 14.3 Å². The van der Waals surface area contributed by atoms with Crippen molar-refractivity contribution in [2.45, 2.75) is 58.6 Å². The highest BCUT2D eigenvalue weighted by Gasteiger charge is 2.62. The maximum absolute atomic E-state index is 12.0. The van der Waals surface area contributed by atoms with E-state index in [1.807, 2.05) is 0 Å². The second-order valence-corrected chi connectivity index (χ2v) is 6.92. The Bertz CT molecular complexity index is 355. The summed E-state index contributed by atoms with van der Waals surface area (Å²) < 4.78 is 10.7. The van der Waals surface area contributed by atoms with Crippen LogP contribution in [0, 0.1) is 16.7 Å². The fourth-order valence-corrected chi connectivity index (χ4v) is 3.90. The molecule has 0 heterocycles. The maximum Gasteiger partial charge on any atom is 0.323 e. The Kier molecular flexibility index (Phi) is 3.94. The Morgan fingerprint density at radius 1 is 1.42 bits per heavy atom. The highest BCUT2D eigenvalue weighted by Crippen LogP contribution is 2.66. The van der Waals surface area contributed by atoms with Gasteiger partial charge in [-0.1, -0.05) is 20.8 Å².